The quantitative estimate of drug-likeness (QED) is 0.658. The van der Waals surface area contributed by atoms with Crippen molar-refractivity contribution in [3.8, 4) is 0 Å². The minimum absolute atomic E-state index is 0.104. The number of H-pyrrole nitrogens is 1. The average molecular weight is 232 g/mol. The van der Waals surface area contributed by atoms with Gasteiger partial charge in [0.25, 0.3) is 0 Å². The Kier molecular flexibility index (Phi) is 3.83. The van der Waals surface area contributed by atoms with E-state index in [1.54, 1.807) is 6.92 Å². The monoisotopic (exact) mass is 232 g/mol. The van der Waals surface area contributed by atoms with Gasteiger partial charge < -0.3 is 5.73 Å². The van der Waals surface area contributed by atoms with Gasteiger partial charge in [0.15, 0.2) is 0 Å². The third-order valence-electron chi connectivity index (χ3n) is 1.97. The van der Waals surface area contributed by atoms with E-state index in [0.717, 1.165) is 6.42 Å². The van der Waals surface area contributed by atoms with Crippen LogP contribution in [0.2, 0.25) is 0 Å². The summed E-state index contributed by atoms with van der Waals surface area (Å²) in [5, 5.41) is 6.46. The zero-order valence-electron chi connectivity index (χ0n) is 8.87. The molecule has 0 unspecified atom stereocenters. The number of hydrogen-bond donors (Lipinski definition) is 3. The maximum atomic E-state index is 11.8. The van der Waals surface area contributed by atoms with E-state index in [1.165, 1.54) is 0 Å². The van der Waals surface area contributed by atoms with Crippen molar-refractivity contribution in [2.45, 2.75) is 31.7 Å². The van der Waals surface area contributed by atoms with Crippen molar-refractivity contribution >= 4 is 10.0 Å². The second kappa shape index (κ2) is 4.73. The highest BCUT2D eigenvalue weighted by atomic mass is 32.2. The number of aromatic amines is 1. The van der Waals surface area contributed by atoms with Crippen molar-refractivity contribution in [2.24, 2.45) is 5.73 Å². The number of hydrogen-bond acceptors (Lipinski definition) is 4. The Bertz CT molecular complexity index is 424. The van der Waals surface area contributed by atoms with Gasteiger partial charge in [0.1, 0.15) is 4.90 Å². The van der Waals surface area contributed by atoms with Gasteiger partial charge in [0.2, 0.25) is 10.0 Å². The van der Waals surface area contributed by atoms with E-state index in [-0.39, 0.29) is 11.4 Å². The van der Waals surface area contributed by atoms with Crippen LogP contribution in [0.25, 0.3) is 0 Å². The molecule has 1 rings (SSSR count). The molecule has 0 saturated heterocycles. The lowest BCUT2D eigenvalue weighted by molar-refractivity contribution is 0.579. The molecule has 0 bridgehead atoms. The summed E-state index contributed by atoms with van der Waals surface area (Å²) in [6.07, 6.45) is 0.744. The van der Waals surface area contributed by atoms with Gasteiger partial charge in [-0.05, 0) is 13.3 Å². The SMILES string of the molecule is CCCNS(=O)(=O)c1c(CN)n[nH]c1C. The van der Waals surface area contributed by atoms with E-state index in [4.69, 9.17) is 5.73 Å². The molecule has 4 N–H and O–H groups in total. The summed E-state index contributed by atoms with van der Waals surface area (Å²) in [7, 11) is -3.48. The Hall–Kier alpha value is -0.920. The number of sulfonamides is 1. The normalized spacial score (nSPS) is 11.9. The van der Waals surface area contributed by atoms with Crippen LogP contribution >= 0.6 is 0 Å². The molecule has 1 aromatic heterocycles. The van der Waals surface area contributed by atoms with Gasteiger partial charge in [-0.1, -0.05) is 6.92 Å². The van der Waals surface area contributed by atoms with Crippen LogP contribution in [0.3, 0.4) is 0 Å². The number of nitrogens with one attached hydrogen (secondary N) is 2. The molecule has 7 heteroatoms. The van der Waals surface area contributed by atoms with Crippen molar-refractivity contribution in [3.05, 3.63) is 11.4 Å². The summed E-state index contributed by atoms with van der Waals surface area (Å²) in [6.45, 7) is 4.07. The summed E-state index contributed by atoms with van der Waals surface area (Å²) in [6, 6.07) is 0. The van der Waals surface area contributed by atoms with Crippen molar-refractivity contribution in [1.82, 2.24) is 14.9 Å². The lowest BCUT2D eigenvalue weighted by Crippen LogP contribution is -2.26. The molecule has 0 amide bonds. The first kappa shape index (κ1) is 12.2. The lowest BCUT2D eigenvalue weighted by Gasteiger charge is -2.05. The second-order valence-electron chi connectivity index (χ2n) is 3.23. The minimum Gasteiger partial charge on any atom is -0.325 e. The Morgan fingerprint density at radius 1 is 1.53 bits per heavy atom. The van der Waals surface area contributed by atoms with Gasteiger partial charge in [-0.3, -0.25) is 5.10 Å². The molecule has 1 heterocycles. The number of aromatic nitrogens is 2. The summed E-state index contributed by atoms with van der Waals surface area (Å²) in [5.41, 5.74) is 6.30. The first-order valence-electron chi connectivity index (χ1n) is 4.76. The Balaban J connectivity index is 3.08. The first-order valence-corrected chi connectivity index (χ1v) is 6.24. The Labute approximate surface area is 89.3 Å². The summed E-state index contributed by atoms with van der Waals surface area (Å²) < 4.78 is 26.1. The van der Waals surface area contributed by atoms with Gasteiger partial charge >= 0.3 is 0 Å². The number of nitrogens with two attached hydrogens (primary N) is 1. The second-order valence-corrected chi connectivity index (χ2v) is 4.93. The molecular formula is C8H16N4O2S. The van der Waals surface area contributed by atoms with Crippen molar-refractivity contribution in [1.29, 1.82) is 0 Å². The fourth-order valence-corrected chi connectivity index (χ4v) is 2.78. The molecular weight excluding hydrogens is 216 g/mol. The molecule has 0 aliphatic rings. The number of aryl methyl sites for hydroxylation is 1. The predicted octanol–water partition coefficient (Wildman–Crippen LogP) is -0.135. The van der Waals surface area contributed by atoms with Crippen LogP contribution in [-0.4, -0.2) is 25.2 Å². The van der Waals surface area contributed by atoms with E-state index >= 15 is 0 Å². The summed E-state index contributed by atoms with van der Waals surface area (Å²) >= 11 is 0. The molecule has 0 fully saturated rings. The van der Waals surface area contributed by atoms with Crippen LogP contribution in [0.1, 0.15) is 24.7 Å². The Morgan fingerprint density at radius 2 is 2.20 bits per heavy atom. The minimum atomic E-state index is -3.48. The molecule has 0 aromatic carbocycles. The van der Waals surface area contributed by atoms with Gasteiger partial charge in [-0.25, -0.2) is 13.1 Å². The van der Waals surface area contributed by atoms with Crippen molar-refractivity contribution in [2.75, 3.05) is 6.54 Å². The summed E-state index contributed by atoms with van der Waals surface area (Å²) in [4.78, 5) is 0.179. The number of nitrogens with zero attached hydrogens (tertiary/aromatic N) is 1. The molecule has 15 heavy (non-hydrogen) atoms. The van der Waals surface area contributed by atoms with Crippen LogP contribution in [0.5, 0.6) is 0 Å². The summed E-state index contributed by atoms with van der Waals surface area (Å²) in [5.74, 6) is 0. The predicted molar refractivity (Wildman–Crippen MR) is 56.7 cm³/mol. The largest absolute Gasteiger partial charge is 0.325 e. The fraction of sp³-hybridized carbons (Fsp3) is 0.625. The standard InChI is InChI=1S/C8H16N4O2S/c1-3-4-10-15(13,14)8-6(2)11-12-7(8)5-9/h10H,3-5,9H2,1-2H3,(H,11,12). The molecule has 0 aliphatic heterocycles. The van der Waals surface area contributed by atoms with Crippen LogP contribution in [0.4, 0.5) is 0 Å². The number of rotatable bonds is 5. The van der Waals surface area contributed by atoms with E-state index in [2.05, 4.69) is 14.9 Å². The molecule has 1 aromatic rings. The van der Waals surface area contributed by atoms with Crippen LogP contribution in [0.15, 0.2) is 4.90 Å². The fourth-order valence-electron chi connectivity index (χ4n) is 1.27. The van der Waals surface area contributed by atoms with E-state index in [9.17, 15) is 8.42 Å². The zero-order chi connectivity index (χ0) is 11.5. The molecule has 0 radical (unpaired) electrons. The maximum Gasteiger partial charge on any atom is 0.244 e. The topological polar surface area (TPSA) is 101 Å². The van der Waals surface area contributed by atoms with E-state index in [1.807, 2.05) is 6.92 Å². The van der Waals surface area contributed by atoms with Crippen LogP contribution in [0, 0.1) is 6.92 Å². The smallest absolute Gasteiger partial charge is 0.244 e. The maximum absolute atomic E-state index is 11.8. The lowest BCUT2D eigenvalue weighted by atomic mass is 10.4. The third kappa shape index (κ3) is 2.55. The van der Waals surface area contributed by atoms with Gasteiger partial charge in [0, 0.05) is 13.1 Å². The highest BCUT2D eigenvalue weighted by Crippen LogP contribution is 2.16. The zero-order valence-corrected chi connectivity index (χ0v) is 9.69. The molecule has 0 atom stereocenters. The van der Waals surface area contributed by atoms with Crippen LogP contribution in [-0.2, 0) is 16.6 Å². The first-order chi connectivity index (χ1) is 7.03. The van der Waals surface area contributed by atoms with Crippen LogP contribution < -0.4 is 10.5 Å². The van der Waals surface area contributed by atoms with Crippen molar-refractivity contribution in [3.63, 3.8) is 0 Å². The van der Waals surface area contributed by atoms with Gasteiger partial charge in [-0.2, -0.15) is 5.10 Å². The highest BCUT2D eigenvalue weighted by Gasteiger charge is 2.22. The molecule has 0 aliphatic carbocycles. The van der Waals surface area contributed by atoms with Gasteiger partial charge in [-0.15, -0.1) is 0 Å². The van der Waals surface area contributed by atoms with Crippen molar-refractivity contribution < 1.29 is 8.42 Å². The molecule has 86 valence electrons. The van der Waals surface area contributed by atoms with E-state index < -0.39 is 10.0 Å². The highest BCUT2D eigenvalue weighted by molar-refractivity contribution is 7.89. The van der Waals surface area contributed by atoms with E-state index in [0.29, 0.717) is 17.9 Å². The van der Waals surface area contributed by atoms with Gasteiger partial charge in [0.05, 0.1) is 11.4 Å². The molecule has 6 nitrogen and oxygen atoms in total. The third-order valence-corrected chi connectivity index (χ3v) is 3.63. The molecule has 0 saturated carbocycles. The Morgan fingerprint density at radius 3 is 2.73 bits per heavy atom. The average Bonchev–Trinajstić information content (AvgIpc) is 2.57. The molecule has 0 spiro atoms.